The Morgan fingerprint density at radius 1 is 1.42 bits per heavy atom. The molecule has 0 saturated heterocycles. The average molecular weight is 294 g/mol. The molecule has 1 aliphatic heterocycles. The Bertz CT molecular complexity index is 516. The van der Waals surface area contributed by atoms with Crippen LogP contribution < -0.4 is 10.1 Å². The number of hydrogen-bond donors (Lipinski definition) is 1. The monoisotopic (exact) mass is 293 g/mol. The highest BCUT2D eigenvalue weighted by atomic mass is 35.5. The summed E-state index contributed by atoms with van der Waals surface area (Å²) in [6.45, 7) is 1.37. The molecule has 1 aromatic carbocycles. The SMILES string of the molecule is C[C@@H](Oc1ccc2c(c1Cl)C(=O)NCC2)C(F)(F)F. The van der Waals surface area contributed by atoms with E-state index in [1.54, 1.807) is 6.07 Å². The van der Waals surface area contributed by atoms with Gasteiger partial charge in [0.1, 0.15) is 5.75 Å². The van der Waals surface area contributed by atoms with Gasteiger partial charge < -0.3 is 10.1 Å². The summed E-state index contributed by atoms with van der Waals surface area (Å²) in [5, 5.41) is 2.51. The van der Waals surface area contributed by atoms with Crippen LogP contribution in [0.15, 0.2) is 12.1 Å². The van der Waals surface area contributed by atoms with Crippen molar-refractivity contribution in [2.24, 2.45) is 0 Å². The number of benzene rings is 1. The summed E-state index contributed by atoms with van der Waals surface area (Å²) in [6.07, 6.45) is -5.88. The van der Waals surface area contributed by atoms with Crippen molar-refractivity contribution >= 4 is 17.5 Å². The zero-order valence-electron chi connectivity index (χ0n) is 9.97. The Hall–Kier alpha value is -1.43. The predicted octanol–water partition coefficient (Wildman–Crippen LogP) is 2.96. The van der Waals surface area contributed by atoms with Gasteiger partial charge in [-0.2, -0.15) is 13.2 Å². The first kappa shape index (κ1) is 14.0. The van der Waals surface area contributed by atoms with Crippen LogP contribution in [0.5, 0.6) is 5.75 Å². The third-order valence-electron chi connectivity index (χ3n) is 2.86. The smallest absolute Gasteiger partial charge is 0.425 e. The molecule has 1 heterocycles. The molecule has 7 heteroatoms. The van der Waals surface area contributed by atoms with E-state index in [1.165, 1.54) is 6.07 Å². The lowest BCUT2D eigenvalue weighted by Crippen LogP contribution is -2.33. The Kier molecular flexibility index (Phi) is 3.62. The Labute approximate surface area is 112 Å². The summed E-state index contributed by atoms with van der Waals surface area (Å²) in [4.78, 5) is 11.7. The molecule has 1 N–H and O–H groups in total. The number of nitrogens with one attached hydrogen (secondary N) is 1. The predicted molar refractivity (Wildman–Crippen MR) is 63.6 cm³/mol. The zero-order chi connectivity index (χ0) is 14.2. The molecular formula is C12H11ClF3NO2. The topological polar surface area (TPSA) is 38.3 Å². The number of carbonyl (C=O) groups excluding carboxylic acids is 1. The fraction of sp³-hybridized carbons (Fsp3) is 0.417. The number of rotatable bonds is 2. The van der Waals surface area contributed by atoms with Gasteiger partial charge in [0.2, 0.25) is 0 Å². The van der Waals surface area contributed by atoms with Gasteiger partial charge in [-0.25, -0.2) is 0 Å². The minimum Gasteiger partial charge on any atom is -0.480 e. The van der Waals surface area contributed by atoms with Crippen molar-refractivity contribution < 1.29 is 22.7 Å². The maximum Gasteiger partial charge on any atom is 0.425 e. The van der Waals surface area contributed by atoms with E-state index in [-0.39, 0.29) is 16.3 Å². The van der Waals surface area contributed by atoms with Crippen LogP contribution >= 0.6 is 11.6 Å². The molecule has 1 aliphatic rings. The van der Waals surface area contributed by atoms with Gasteiger partial charge in [-0.15, -0.1) is 0 Å². The molecule has 0 spiro atoms. The standard InChI is InChI=1S/C12H11ClF3NO2/c1-6(12(14,15)16)19-8-3-2-7-4-5-17-11(18)9(7)10(8)13/h2-3,6H,4-5H2,1H3,(H,17,18)/t6-/m1/s1. The van der Waals surface area contributed by atoms with Crippen LogP contribution in [0.1, 0.15) is 22.8 Å². The third kappa shape index (κ3) is 2.78. The van der Waals surface area contributed by atoms with Crippen LogP contribution in [0.3, 0.4) is 0 Å². The zero-order valence-corrected chi connectivity index (χ0v) is 10.7. The van der Waals surface area contributed by atoms with Crippen LogP contribution in [-0.2, 0) is 6.42 Å². The number of halogens is 4. The number of hydrogen-bond acceptors (Lipinski definition) is 2. The number of ether oxygens (including phenoxy) is 1. The molecule has 0 bridgehead atoms. The fourth-order valence-corrected chi connectivity index (χ4v) is 2.11. The first-order chi connectivity index (χ1) is 8.80. The van der Waals surface area contributed by atoms with Gasteiger partial charge in [0.05, 0.1) is 10.6 Å². The quantitative estimate of drug-likeness (QED) is 0.910. The van der Waals surface area contributed by atoms with Crippen LogP contribution in [0.25, 0.3) is 0 Å². The molecule has 0 aliphatic carbocycles. The van der Waals surface area contributed by atoms with Crippen LogP contribution in [-0.4, -0.2) is 24.7 Å². The summed E-state index contributed by atoms with van der Waals surface area (Å²) >= 11 is 5.96. The molecule has 0 saturated carbocycles. The number of amides is 1. The van der Waals surface area contributed by atoms with E-state index in [0.29, 0.717) is 18.5 Å². The van der Waals surface area contributed by atoms with E-state index in [0.717, 1.165) is 6.92 Å². The fourth-order valence-electron chi connectivity index (χ4n) is 1.80. The van der Waals surface area contributed by atoms with E-state index in [9.17, 15) is 18.0 Å². The Morgan fingerprint density at radius 2 is 2.11 bits per heavy atom. The first-order valence-corrected chi connectivity index (χ1v) is 6.01. The molecule has 3 nitrogen and oxygen atoms in total. The summed E-state index contributed by atoms with van der Waals surface area (Å²) in [7, 11) is 0. The minimum absolute atomic E-state index is 0.0780. The van der Waals surface area contributed by atoms with Gasteiger partial charge >= 0.3 is 6.18 Å². The van der Waals surface area contributed by atoms with Crippen molar-refractivity contribution in [3.05, 3.63) is 28.3 Å². The van der Waals surface area contributed by atoms with Crippen LogP contribution in [0, 0.1) is 0 Å². The Morgan fingerprint density at radius 3 is 2.74 bits per heavy atom. The maximum atomic E-state index is 12.4. The molecule has 0 unspecified atom stereocenters. The number of carbonyl (C=O) groups is 1. The molecule has 1 atom stereocenters. The molecule has 1 aromatic rings. The molecular weight excluding hydrogens is 283 g/mol. The van der Waals surface area contributed by atoms with Crippen molar-refractivity contribution in [2.45, 2.75) is 25.6 Å². The first-order valence-electron chi connectivity index (χ1n) is 5.63. The van der Waals surface area contributed by atoms with Crippen molar-refractivity contribution in [1.29, 1.82) is 0 Å². The van der Waals surface area contributed by atoms with Crippen molar-refractivity contribution in [3.63, 3.8) is 0 Å². The minimum atomic E-state index is -4.48. The van der Waals surface area contributed by atoms with Crippen molar-refractivity contribution in [3.8, 4) is 5.75 Å². The average Bonchev–Trinajstić information content (AvgIpc) is 2.31. The lowest BCUT2D eigenvalue weighted by atomic mass is 10.00. The van der Waals surface area contributed by atoms with E-state index < -0.39 is 18.2 Å². The summed E-state index contributed by atoms with van der Waals surface area (Å²) in [5.74, 6) is -0.529. The molecule has 2 rings (SSSR count). The van der Waals surface area contributed by atoms with Gasteiger partial charge in [0.25, 0.3) is 5.91 Å². The summed E-state index contributed by atoms with van der Waals surface area (Å²) in [6, 6.07) is 2.93. The largest absolute Gasteiger partial charge is 0.480 e. The van der Waals surface area contributed by atoms with Crippen LogP contribution in [0.2, 0.25) is 5.02 Å². The van der Waals surface area contributed by atoms with Gasteiger partial charge in [-0.1, -0.05) is 17.7 Å². The highest BCUT2D eigenvalue weighted by Gasteiger charge is 2.38. The summed E-state index contributed by atoms with van der Waals surface area (Å²) in [5.41, 5.74) is 0.903. The second-order valence-corrected chi connectivity index (χ2v) is 4.60. The van der Waals surface area contributed by atoms with E-state index in [2.05, 4.69) is 5.32 Å². The number of fused-ring (bicyclic) bond motifs is 1. The second-order valence-electron chi connectivity index (χ2n) is 4.22. The van der Waals surface area contributed by atoms with Crippen LogP contribution in [0.4, 0.5) is 13.2 Å². The van der Waals surface area contributed by atoms with E-state index >= 15 is 0 Å². The molecule has 19 heavy (non-hydrogen) atoms. The highest BCUT2D eigenvalue weighted by Crippen LogP contribution is 2.35. The molecule has 1 amide bonds. The molecule has 0 radical (unpaired) electrons. The van der Waals surface area contributed by atoms with Crippen molar-refractivity contribution in [2.75, 3.05) is 6.54 Å². The summed E-state index contributed by atoms with van der Waals surface area (Å²) < 4.78 is 42.1. The third-order valence-corrected chi connectivity index (χ3v) is 3.24. The number of alkyl halides is 3. The van der Waals surface area contributed by atoms with Gasteiger partial charge in [0, 0.05) is 6.54 Å². The van der Waals surface area contributed by atoms with Gasteiger partial charge in [0.15, 0.2) is 6.10 Å². The van der Waals surface area contributed by atoms with Gasteiger partial charge in [-0.3, -0.25) is 4.79 Å². The lowest BCUT2D eigenvalue weighted by molar-refractivity contribution is -0.189. The molecule has 0 fully saturated rings. The Balaban J connectivity index is 2.34. The highest BCUT2D eigenvalue weighted by molar-refractivity contribution is 6.35. The van der Waals surface area contributed by atoms with Crippen molar-refractivity contribution in [1.82, 2.24) is 5.32 Å². The second kappa shape index (κ2) is 4.92. The maximum absolute atomic E-state index is 12.4. The molecule has 0 aromatic heterocycles. The van der Waals surface area contributed by atoms with E-state index in [1.807, 2.05) is 0 Å². The lowest BCUT2D eigenvalue weighted by Gasteiger charge is -2.22. The van der Waals surface area contributed by atoms with E-state index in [4.69, 9.17) is 16.3 Å². The van der Waals surface area contributed by atoms with Gasteiger partial charge in [-0.05, 0) is 25.0 Å². The molecule has 104 valence electrons. The normalized spacial score (nSPS) is 16.6.